The predicted molar refractivity (Wildman–Crippen MR) is 176 cm³/mol. The fourth-order valence-electron chi connectivity index (χ4n) is 6.36. The maximum absolute atomic E-state index is 13.7. The molecule has 43 heavy (non-hydrogen) atoms. The first-order chi connectivity index (χ1) is 20.3. The lowest BCUT2D eigenvalue weighted by Gasteiger charge is -2.42. The van der Waals surface area contributed by atoms with Crippen molar-refractivity contribution < 1.29 is 23.8 Å². The van der Waals surface area contributed by atoms with Crippen molar-refractivity contribution in [3.63, 3.8) is 0 Å². The van der Waals surface area contributed by atoms with Crippen molar-refractivity contribution in [3.8, 4) is 5.75 Å². The molecule has 2 aromatic heterocycles. The molecule has 9 heteroatoms. The Hall–Kier alpha value is -3.30. The summed E-state index contributed by atoms with van der Waals surface area (Å²) in [6.45, 7) is 12.6. The second kappa shape index (κ2) is 12.0. The van der Waals surface area contributed by atoms with Crippen LogP contribution >= 0.6 is 27.3 Å². The first kappa shape index (κ1) is 31.1. The maximum atomic E-state index is 13.7. The van der Waals surface area contributed by atoms with Gasteiger partial charge in [-0.15, -0.1) is 11.3 Å². The van der Waals surface area contributed by atoms with Crippen LogP contribution in [0.2, 0.25) is 0 Å². The topological polar surface area (TPSA) is 70.0 Å². The van der Waals surface area contributed by atoms with Crippen molar-refractivity contribution in [1.82, 2.24) is 4.57 Å². The lowest BCUT2D eigenvalue weighted by atomic mass is 9.82. The number of esters is 1. The third-order valence-electron chi connectivity index (χ3n) is 8.21. The maximum Gasteiger partial charge on any atom is 0.419 e. The zero-order valence-corrected chi connectivity index (χ0v) is 28.4. The minimum absolute atomic E-state index is 0.00795. The van der Waals surface area contributed by atoms with E-state index in [9.17, 15) is 9.59 Å². The number of methoxy groups -OCH3 is 2. The highest BCUT2D eigenvalue weighted by atomic mass is 79.9. The van der Waals surface area contributed by atoms with Gasteiger partial charge in [-0.3, -0.25) is 0 Å². The number of fused-ring (bicyclic) bond motifs is 1. The lowest BCUT2D eigenvalue weighted by molar-refractivity contribution is 0.0540. The molecule has 0 spiro atoms. The Balaban J connectivity index is 1.69. The summed E-state index contributed by atoms with van der Waals surface area (Å²) in [5.41, 5.74) is 5.91. The highest BCUT2D eigenvalue weighted by Gasteiger charge is 2.36. The van der Waals surface area contributed by atoms with Crippen molar-refractivity contribution in [2.24, 2.45) is 0 Å². The summed E-state index contributed by atoms with van der Waals surface area (Å²) in [7, 11) is 3.06. The van der Waals surface area contributed by atoms with E-state index in [2.05, 4.69) is 33.8 Å². The van der Waals surface area contributed by atoms with E-state index in [0.29, 0.717) is 11.5 Å². The molecule has 0 saturated carbocycles. The van der Waals surface area contributed by atoms with Crippen LogP contribution < -0.4 is 9.64 Å². The minimum Gasteiger partial charge on any atom is -0.497 e. The molecule has 0 aliphatic carbocycles. The number of halogens is 1. The number of hydrogen-bond donors (Lipinski definition) is 0. The number of anilines is 1. The third kappa shape index (κ3) is 6.07. The number of piperidine rings is 1. The molecule has 1 aliphatic rings. The molecular formula is C34H39BrN2O5S. The SMILES string of the molecule is COC(=O)c1ccc(C2CC(c3cc(Br)sc3C)CCN2c2c(C)n(C(=O)OC(C)(C)C)c3c(C)cc(OC)cc23)cc1. The number of rotatable bonds is 5. The standard InChI is InChI=1S/C34H39BrN2O5S/c1-19-15-25(40-7)17-27-30(19)37(33(39)42-34(4,5)6)20(2)31(27)36-14-13-24(26-18-29(35)43-21(26)3)16-28(36)22-9-11-23(12-10-22)32(38)41-8/h9-12,15,17-18,24,28H,13-14,16H2,1-8H3. The smallest absolute Gasteiger partial charge is 0.419 e. The number of carbonyl (C=O) groups excluding carboxylic acids is 2. The lowest BCUT2D eigenvalue weighted by Crippen LogP contribution is -2.37. The average Bonchev–Trinajstić information content (AvgIpc) is 3.46. The molecule has 4 aromatic rings. The summed E-state index contributed by atoms with van der Waals surface area (Å²) in [4.78, 5) is 29.7. The van der Waals surface area contributed by atoms with E-state index in [-0.39, 0.29) is 12.0 Å². The number of thiophene rings is 1. The first-order valence-electron chi connectivity index (χ1n) is 14.5. The van der Waals surface area contributed by atoms with Crippen molar-refractivity contribution in [2.45, 2.75) is 71.9 Å². The van der Waals surface area contributed by atoms with Crippen molar-refractivity contribution in [3.05, 3.63) is 79.1 Å². The molecule has 0 N–H and O–H groups in total. The molecule has 1 saturated heterocycles. The van der Waals surface area contributed by atoms with Crippen LogP contribution in [0.1, 0.15) is 83.2 Å². The van der Waals surface area contributed by atoms with E-state index in [4.69, 9.17) is 14.2 Å². The van der Waals surface area contributed by atoms with Gasteiger partial charge in [-0.2, -0.15) is 0 Å². The molecule has 3 heterocycles. The normalized spacial score (nSPS) is 17.3. The zero-order chi connectivity index (χ0) is 31.2. The van der Waals surface area contributed by atoms with Crippen LogP contribution in [-0.4, -0.2) is 43.0 Å². The average molecular weight is 668 g/mol. The van der Waals surface area contributed by atoms with Crippen molar-refractivity contribution >= 4 is 55.9 Å². The minimum atomic E-state index is -0.643. The van der Waals surface area contributed by atoms with Gasteiger partial charge in [0.1, 0.15) is 11.4 Å². The molecule has 1 fully saturated rings. The van der Waals surface area contributed by atoms with Gasteiger partial charge in [0.15, 0.2) is 0 Å². The number of aryl methyl sites for hydroxylation is 2. The molecule has 2 atom stereocenters. The van der Waals surface area contributed by atoms with Gasteiger partial charge in [-0.25, -0.2) is 14.2 Å². The van der Waals surface area contributed by atoms with Crippen LogP contribution in [0, 0.1) is 20.8 Å². The molecular weight excluding hydrogens is 628 g/mol. The second-order valence-corrected chi connectivity index (χ2v) is 14.8. The Morgan fingerprint density at radius 2 is 1.72 bits per heavy atom. The first-order valence-corrected chi connectivity index (χ1v) is 16.1. The zero-order valence-electron chi connectivity index (χ0n) is 26.0. The molecule has 2 aromatic carbocycles. The van der Waals surface area contributed by atoms with E-state index in [1.165, 1.54) is 17.6 Å². The highest BCUT2D eigenvalue weighted by molar-refractivity contribution is 9.11. The number of benzene rings is 2. The second-order valence-electron chi connectivity index (χ2n) is 12.2. The number of nitrogens with zero attached hydrogens (tertiary/aromatic N) is 2. The molecule has 228 valence electrons. The highest BCUT2D eigenvalue weighted by Crippen LogP contribution is 2.48. The van der Waals surface area contributed by atoms with Crippen LogP contribution in [0.3, 0.4) is 0 Å². The van der Waals surface area contributed by atoms with Gasteiger partial charge in [-0.1, -0.05) is 12.1 Å². The van der Waals surface area contributed by atoms with Crippen LogP contribution in [0.5, 0.6) is 5.75 Å². The van der Waals surface area contributed by atoms with Crippen molar-refractivity contribution in [1.29, 1.82) is 0 Å². The van der Waals surface area contributed by atoms with Gasteiger partial charge in [0.2, 0.25) is 0 Å². The van der Waals surface area contributed by atoms with Gasteiger partial charge >= 0.3 is 12.1 Å². The molecule has 5 rings (SSSR count). The molecule has 2 unspecified atom stereocenters. The summed E-state index contributed by atoms with van der Waals surface area (Å²) in [6.07, 6.45) is 1.44. The summed E-state index contributed by atoms with van der Waals surface area (Å²) in [5.74, 6) is 0.739. The number of ether oxygens (including phenoxy) is 3. The number of carbonyl (C=O) groups is 2. The largest absolute Gasteiger partial charge is 0.497 e. The van der Waals surface area contributed by atoms with Gasteiger partial charge in [0, 0.05) is 16.8 Å². The molecule has 0 bridgehead atoms. The van der Waals surface area contributed by atoms with Crippen LogP contribution in [-0.2, 0) is 9.47 Å². The third-order valence-corrected chi connectivity index (χ3v) is 9.78. The van der Waals surface area contributed by atoms with E-state index in [1.807, 2.05) is 71.0 Å². The van der Waals surface area contributed by atoms with E-state index >= 15 is 0 Å². The number of aromatic nitrogens is 1. The quantitative estimate of drug-likeness (QED) is 0.198. The summed E-state index contributed by atoms with van der Waals surface area (Å²) < 4.78 is 19.4. The molecule has 0 amide bonds. The fourth-order valence-corrected chi connectivity index (χ4v) is 8.16. The van der Waals surface area contributed by atoms with Gasteiger partial charge < -0.3 is 19.1 Å². The Labute approximate surface area is 265 Å². The Morgan fingerprint density at radius 3 is 2.30 bits per heavy atom. The van der Waals surface area contributed by atoms with E-state index in [1.54, 1.807) is 23.0 Å². The Morgan fingerprint density at radius 1 is 1.02 bits per heavy atom. The predicted octanol–water partition coefficient (Wildman–Crippen LogP) is 9.09. The molecule has 0 radical (unpaired) electrons. The molecule has 7 nitrogen and oxygen atoms in total. The Kier molecular flexibility index (Phi) is 8.69. The summed E-state index contributed by atoms with van der Waals surface area (Å²) >= 11 is 5.46. The summed E-state index contributed by atoms with van der Waals surface area (Å²) in [6, 6.07) is 13.9. The van der Waals surface area contributed by atoms with Crippen LogP contribution in [0.4, 0.5) is 10.5 Å². The fraction of sp³-hybridized carbons (Fsp3) is 0.412. The van der Waals surface area contributed by atoms with Crippen LogP contribution in [0.15, 0.2) is 46.3 Å². The van der Waals surface area contributed by atoms with Crippen LogP contribution in [0.25, 0.3) is 10.9 Å². The van der Waals surface area contributed by atoms with Gasteiger partial charge in [-0.05, 0) is 123 Å². The molecule has 1 aliphatic heterocycles. The van der Waals surface area contributed by atoms with Gasteiger partial charge in [0.25, 0.3) is 0 Å². The number of hydrogen-bond acceptors (Lipinski definition) is 7. The van der Waals surface area contributed by atoms with E-state index in [0.717, 1.165) is 62.3 Å². The monoisotopic (exact) mass is 666 g/mol. The van der Waals surface area contributed by atoms with Crippen molar-refractivity contribution in [2.75, 3.05) is 25.7 Å². The van der Waals surface area contributed by atoms with Gasteiger partial charge in [0.05, 0.1) is 46.5 Å². The Bertz CT molecular complexity index is 1680. The summed E-state index contributed by atoms with van der Waals surface area (Å²) in [5, 5.41) is 0.948. The van der Waals surface area contributed by atoms with E-state index < -0.39 is 11.7 Å².